The van der Waals surface area contributed by atoms with E-state index in [1.807, 2.05) is 0 Å². The largest absolute Gasteiger partial charge is 0.312 e. The minimum absolute atomic E-state index is 0.545. The molecule has 0 spiro atoms. The molecule has 2 fully saturated rings. The van der Waals surface area contributed by atoms with Crippen LogP contribution in [-0.2, 0) is 0 Å². The van der Waals surface area contributed by atoms with Crippen LogP contribution in [0.3, 0.4) is 0 Å². The van der Waals surface area contributed by atoms with E-state index >= 15 is 0 Å². The van der Waals surface area contributed by atoms with E-state index in [1.54, 1.807) is 0 Å². The van der Waals surface area contributed by atoms with Crippen molar-refractivity contribution in [3.8, 4) is 0 Å². The Morgan fingerprint density at radius 1 is 1.15 bits per heavy atom. The van der Waals surface area contributed by atoms with Gasteiger partial charge in [0.25, 0.3) is 0 Å². The zero-order chi connectivity index (χ0) is 13.9. The molecule has 0 radical (unpaired) electrons. The normalized spacial score (nSPS) is 29.5. The first kappa shape index (κ1) is 14.1. The van der Waals surface area contributed by atoms with Crippen molar-refractivity contribution in [1.82, 2.24) is 10.2 Å². The molecule has 3 rings (SSSR count). The van der Waals surface area contributed by atoms with E-state index in [0.29, 0.717) is 6.04 Å². The van der Waals surface area contributed by atoms with E-state index in [2.05, 4.69) is 48.3 Å². The molecule has 2 aliphatic heterocycles. The maximum atomic E-state index is 3.74. The second-order valence-electron chi connectivity index (χ2n) is 6.54. The second-order valence-corrected chi connectivity index (χ2v) is 6.54. The van der Waals surface area contributed by atoms with Crippen LogP contribution in [0.15, 0.2) is 24.3 Å². The molecule has 0 saturated carbocycles. The van der Waals surface area contributed by atoms with Crippen LogP contribution >= 0.6 is 0 Å². The predicted molar refractivity (Wildman–Crippen MR) is 85.0 cm³/mol. The Kier molecular flexibility index (Phi) is 4.42. The number of hydrogen-bond acceptors (Lipinski definition) is 2. The van der Waals surface area contributed by atoms with Gasteiger partial charge in [0.2, 0.25) is 0 Å². The minimum Gasteiger partial charge on any atom is -0.312 e. The third kappa shape index (κ3) is 2.77. The standard InChI is InChI=1S/C18H28N2/c1-14-8-3-4-9-16(14)15(2)20-13-6-5-11-18(20)17-10-7-12-19-17/h3-4,8-9,15,17-19H,5-7,10-13H2,1-2H3. The van der Waals surface area contributed by atoms with Crippen LogP contribution in [0, 0.1) is 6.92 Å². The van der Waals surface area contributed by atoms with Gasteiger partial charge in [0.05, 0.1) is 0 Å². The van der Waals surface area contributed by atoms with Crippen molar-refractivity contribution in [2.45, 2.75) is 64.1 Å². The molecule has 0 bridgehead atoms. The Hall–Kier alpha value is -0.860. The van der Waals surface area contributed by atoms with Crippen LogP contribution in [0.1, 0.15) is 56.2 Å². The van der Waals surface area contributed by atoms with Crippen LogP contribution in [-0.4, -0.2) is 30.1 Å². The van der Waals surface area contributed by atoms with Crippen molar-refractivity contribution in [1.29, 1.82) is 0 Å². The molecule has 1 aromatic carbocycles. The van der Waals surface area contributed by atoms with Gasteiger partial charge < -0.3 is 5.32 Å². The molecular formula is C18H28N2. The van der Waals surface area contributed by atoms with Gasteiger partial charge >= 0.3 is 0 Å². The van der Waals surface area contributed by atoms with Gasteiger partial charge in [0.15, 0.2) is 0 Å². The van der Waals surface area contributed by atoms with Crippen molar-refractivity contribution >= 4 is 0 Å². The third-order valence-corrected chi connectivity index (χ3v) is 5.29. The Morgan fingerprint density at radius 3 is 2.75 bits per heavy atom. The zero-order valence-corrected chi connectivity index (χ0v) is 12.9. The summed E-state index contributed by atoms with van der Waals surface area (Å²) in [5, 5.41) is 3.74. The first-order chi connectivity index (χ1) is 9.77. The summed E-state index contributed by atoms with van der Waals surface area (Å²) in [6.07, 6.45) is 6.85. The van der Waals surface area contributed by atoms with Crippen molar-refractivity contribution in [3.05, 3.63) is 35.4 Å². The number of hydrogen-bond donors (Lipinski definition) is 1. The molecule has 3 atom stereocenters. The van der Waals surface area contributed by atoms with E-state index in [4.69, 9.17) is 0 Å². The first-order valence-corrected chi connectivity index (χ1v) is 8.32. The lowest BCUT2D eigenvalue weighted by atomic mass is 9.90. The van der Waals surface area contributed by atoms with E-state index < -0.39 is 0 Å². The van der Waals surface area contributed by atoms with Crippen molar-refractivity contribution in [3.63, 3.8) is 0 Å². The van der Waals surface area contributed by atoms with Crippen molar-refractivity contribution in [2.75, 3.05) is 13.1 Å². The van der Waals surface area contributed by atoms with Crippen LogP contribution in [0.5, 0.6) is 0 Å². The second kappa shape index (κ2) is 6.28. The summed E-state index contributed by atoms with van der Waals surface area (Å²) in [6, 6.07) is 10.9. The monoisotopic (exact) mass is 272 g/mol. The fraction of sp³-hybridized carbons (Fsp3) is 0.667. The summed E-state index contributed by atoms with van der Waals surface area (Å²) in [5.74, 6) is 0. The molecule has 0 aromatic heterocycles. The molecule has 3 unspecified atom stereocenters. The summed E-state index contributed by atoms with van der Waals surface area (Å²) in [5.41, 5.74) is 2.95. The molecule has 2 aliphatic rings. The quantitative estimate of drug-likeness (QED) is 0.903. The van der Waals surface area contributed by atoms with Gasteiger partial charge in [-0.05, 0) is 63.7 Å². The summed E-state index contributed by atoms with van der Waals surface area (Å²) in [6.45, 7) is 7.13. The highest BCUT2D eigenvalue weighted by Gasteiger charge is 2.34. The summed E-state index contributed by atoms with van der Waals surface area (Å²) < 4.78 is 0. The van der Waals surface area contributed by atoms with Crippen LogP contribution in [0.25, 0.3) is 0 Å². The van der Waals surface area contributed by atoms with Crippen molar-refractivity contribution in [2.24, 2.45) is 0 Å². The molecular weight excluding hydrogens is 244 g/mol. The smallest absolute Gasteiger partial charge is 0.0326 e. The first-order valence-electron chi connectivity index (χ1n) is 8.32. The zero-order valence-electron chi connectivity index (χ0n) is 12.9. The number of likely N-dealkylation sites (tertiary alicyclic amines) is 1. The topological polar surface area (TPSA) is 15.3 Å². The highest BCUT2D eigenvalue weighted by atomic mass is 15.2. The maximum Gasteiger partial charge on any atom is 0.0326 e. The fourth-order valence-corrected chi connectivity index (χ4v) is 4.17. The molecule has 0 amide bonds. The molecule has 0 aliphatic carbocycles. The third-order valence-electron chi connectivity index (χ3n) is 5.29. The van der Waals surface area contributed by atoms with Gasteiger partial charge in [-0.3, -0.25) is 4.90 Å². The lowest BCUT2D eigenvalue weighted by molar-refractivity contribution is 0.0800. The van der Waals surface area contributed by atoms with E-state index in [9.17, 15) is 0 Å². The number of rotatable bonds is 3. The van der Waals surface area contributed by atoms with Gasteiger partial charge in [-0.2, -0.15) is 0 Å². The Bertz CT molecular complexity index is 437. The molecule has 1 N–H and O–H groups in total. The number of nitrogens with zero attached hydrogens (tertiary/aromatic N) is 1. The van der Waals surface area contributed by atoms with Gasteiger partial charge in [-0.15, -0.1) is 0 Å². The molecule has 2 heteroatoms. The van der Waals surface area contributed by atoms with Gasteiger partial charge in [-0.25, -0.2) is 0 Å². The van der Waals surface area contributed by atoms with Gasteiger partial charge in [0, 0.05) is 18.1 Å². The average molecular weight is 272 g/mol. The number of nitrogens with one attached hydrogen (secondary N) is 1. The summed E-state index contributed by atoms with van der Waals surface area (Å²) in [4.78, 5) is 2.77. The van der Waals surface area contributed by atoms with Gasteiger partial charge in [-0.1, -0.05) is 30.7 Å². The highest BCUT2D eigenvalue weighted by Crippen LogP contribution is 2.32. The number of benzene rings is 1. The predicted octanol–water partition coefficient (Wildman–Crippen LogP) is 3.66. The summed E-state index contributed by atoms with van der Waals surface area (Å²) in [7, 11) is 0. The highest BCUT2D eigenvalue weighted by molar-refractivity contribution is 5.28. The van der Waals surface area contributed by atoms with Crippen molar-refractivity contribution < 1.29 is 0 Å². The maximum absolute atomic E-state index is 3.74. The molecule has 110 valence electrons. The van der Waals surface area contributed by atoms with E-state index in [1.165, 1.54) is 56.3 Å². The Labute approximate surface area is 123 Å². The number of aryl methyl sites for hydroxylation is 1. The van der Waals surface area contributed by atoms with E-state index in [-0.39, 0.29) is 0 Å². The van der Waals surface area contributed by atoms with E-state index in [0.717, 1.165) is 12.1 Å². The SMILES string of the molecule is Cc1ccccc1C(C)N1CCCCC1C1CCCN1. The molecule has 2 nitrogen and oxygen atoms in total. The fourth-order valence-electron chi connectivity index (χ4n) is 4.17. The molecule has 2 heterocycles. The molecule has 20 heavy (non-hydrogen) atoms. The average Bonchev–Trinajstić information content (AvgIpc) is 3.01. The van der Waals surface area contributed by atoms with Crippen LogP contribution < -0.4 is 5.32 Å². The molecule has 2 saturated heterocycles. The number of piperidine rings is 1. The molecule has 1 aromatic rings. The van der Waals surface area contributed by atoms with Crippen LogP contribution in [0.2, 0.25) is 0 Å². The van der Waals surface area contributed by atoms with Gasteiger partial charge in [0.1, 0.15) is 0 Å². The Balaban J connectivity index is 1.80. The lowest BCUT2D eigenvalue weighted by Gasteiger charge is -2.43. The Morgan fingerprint density at radius 2 is 2.00 bits per heavy atom. The minimum atomic E-state index is 0.545. The van der Waals surface area contributed by atoms with Crippen LogP contribution in [0.4, 0.5) is 0 Å². The lowest BCUT2D eigenvalue weighted by Crippen LogP contribution is -2.51. The summed E-state index contributed by atoms with van der Waals surface area (Å²) >= 11 is 0.